The van der Waals surface area contributed by atoms with Crippen LogP contribution in [-0.2, 0) is 22.6 Å². The van der Waals surface area contributed by atoms with E-state index in [1.54, 1.807) is 48.7 Å². The van der Waals surface area contributed by atoms with Gasteiger partial charge in [0.05, 0.1) is 17.8 Å². The number of aromatic nitrogens is 1. The molecule has 0 radical (unpaired) electrons. The predicted octanol–water partition coefficient (Wildman–Crippen LogP) is 3.56. The molecule has 132 valence electrons. The summed E-state index contributed by atoms with van der Waals surface area (Å²) in [5, 5.41) is 8.93. The van der Waals surface area contributed by atoms with E-state index in [4.69, 9.17) is 16.7 Å². The summed E-state index contributed by atoms with van der Waals surface area (Å²) in [7, 11) is 0. The van der Waals surface area contributed by atoms with Gasteiger partial charge in [0.15, 0.2) is 4.90 Å². The monoisotopic (exact) mass is 385 g/mol. The van der Waals surface area contributed by atoms with Crippen molar-refractivity contribution in [2.24, 2.45) is 5.14 Å². The van der Waals surface area contributed by atoms with Crippen molar-refractivity contribution in [2.45, 2.75) is 11.3 Å². The lowest BCUT2D eigenvalue weighted by Crippen LogP contribution is -2.17. The first kappa shape index (κ1) is 18.4. The van der Waals surface area contributed by atoms with Crippen LogP contribution in [0, 0.1) is 0 Å². The molecule has 3 N–H and O–H groups in total. The molecule has 0 bridgehead atoms. The Morgan fingerprint density at radius 1 is 1.12 bits per heavy atom. The standard InChI is InChI=1S/C19H16ClN3O2S/c20-15-5-3-4-13(8-15)14-9-17(11-18(10-14)26(21)25)23-19(24)12-16-6-1-2-7-22-16/h1-11H,12,21H2,(H,23,24). The Bertz CT molecular complexity index is 920. The molecule has 2 aromatic carbocycles. The number of halogens is 1. The van der Waals surface area contributed by atoms with Crippen molar-refractivity contribution >= 4 is 34.6 Å². The molecular weight excluding hydrogens is 370 g/mol. The summed E-state index contributed by atoms with van der Waals surface area (Å²) in [5.74, 6) is -0.222. The molecule has 0 aliphatic rings. The quantitative estimate of drug-likeness (QED) is 0.657. The van der Waals surface area contributed by atoms with E-state index in [2.05, 4.69) is 10.3 Å². The third-order valence-corrected chi connectivity index (χ3v) is 4.58. The number of pyridine rings is 1. The highest BCUT2D eigenvalue weighted by molar-refractivity contribution is 7.89. The third-order valence-electron chi connectivity index (χ3n) is 3.65. The summed E-state index contributed by atoms with van der Waals surface area (Å²) in [6.07, 6.45) is 1.78. The maximum absolute atomic E-state index is 12.3. The Kier molecular flexibility index (Phi) is 5.90. The van der Waals surface area contributed by atoms with Gasteiger partial charge in [-0.1, -0.05) is 29.8 Å². The largest absolute Gasteiger partial charge is 0.593 e. The summed E-state index contributed by atoms with van der Waals surface area (Å²) in [6, 6.07) is 17.8. The number of nitrogens with zero attached hydrogens (tertiary/aromatic N) is 1. The lowest BCUT2D eigenvalue weighted by molar-refractivity contribution is -0.115. The normalized spacial score (nSPS) is 11.8. The van der Waals surface area contributed by atoms with E-state index in [0.717, 1.165) is 11.1 Å². The Morgan fingerprint density at radius 3 is 2.65 bits per heavy atom. The Hall–Kier alpha value is -2.38. The van der Waals surface area contributed by atoms with Crippen molar-refractivity contribution in [1.29, 1.82) is 0 Å². The number of hydrogen-bond acceptors (Lipinski definition) is 4. The fourth-order valence-corrected chi connectivity index (χ4v) is 3.17. The number of carbonyl (C=O) groups is 1. The fraction of sp³-hybridized carbons (Fsp3) is 0.0526. The maximum atomic E-state index is 12.3. The van der Waals surface area contributed by atoms with Crippen molar-refractivity contribution < 1.29 is 9.35 Å². The lowest BCUT2D eigenvalue weighted by Gasteiger charge is -2.11. The highest BCUT2D eigenvalue weighted by atomic mass is 35.5. The van der Waals surface area contributed by atoms with Crippen LogP contribution in [-0.4, -0.2) is 15.4 Å². The fourth-order valence-electron chi connectivity index (χ4n) is 2.49. The van der Waals surface area contributed by atoms with Gasteiger partial charge in [0.1, 0.15) is 0 Å². The van der Waals surface area contributed by atoms with E-state index in [-0.39, 0.29) is 12.3 Å². The summed E-state index contributed by atoms with van der Waals surface area (Å²) < 4.78 is 11.8. The SMILES string of the molecule is N[S+]([O-])c1cc(NC(=O)Cc2ccccn2)cc(-c2cccc(Cl)c2)c1. The molecule has 0 saturated carbocycles. The van der Waals surface area contributed by atoms with Crippen LogP contribution in [0.3, 0.4) is 0 Å². The van der Waals surface area contributed by atoms with Crippen molar-refractivity contribution in [3.05, 3.63) is 77.6 Å². The molecule has 0 spiro atoms. The molecule has 0 aliphatic heterocycles. The zero-order chi connectivity index (χ0) is 18.5. The topological polar surface area (TPSA) is 91.1 Å². The lowest BCUT2D eigenvalue weighted by atomic mass is 10.1. The average Bonchev–Trinajstić information content (AvgIpc) is 2.62. The molecule has 1 heterocycles. The number of benzene rings is 2. The number of nitrogens with one attached hydrogen (secondary N) is 1. The van der Waals surface area contributed by atoms with Crippen LogP contribution in [0.25, 0.3) is 11.1 Å². The summed E-state index contributed by atoms with van der Waals surface area (Å²) >= 11 is 4.37. The van der Waals surface area contributed by atoms with Crippen molar-refractivity contribution in [3.63, 3.8) is 0 Å². The van der Waals surface area contributed by atoms with Crippen LogP contribution < -0.4 is 10.5 Å². The Morgan fingerprint density at radius 2 is 1.96 bits per heavy atom. The molecule has 7 heteroatoms. The van der Waals surface area contributed by atoms with E-state index in [0.29, 0.717) is 21.3 Å². The van der Waals surface area contributed by atoms with Crippen LogP contribution >= 0.6 is 11.6 Å². The van der Waals surface area contributed by atoms with Gasteiger partial charge in [-0.05, 0) is 41.5 Å². The molecule has 0 saturated heterocycles. The second-order valence-corrected chi connectivity index (χ2v) is 7.10. The summed E-state index contributed by atoms with van der Waals surface area (Å²) in [6.45, 7) is 0. The highest BCUT2D eigenvalue weighted by Gasteiger charge is 2.13. The molecule has 0 aliphatic carbocycles. The molecule has 1 amide bonds. The number of nitrogens with two attached hydrogens (primary N) is 1. The van der Waals surface area contributed by atoms with Crippen LogP contribution in [0.4, 0.5) is 5.69 Å². The zero-order valence-electron chi connectivity index (χ0n) is 13.7. The van der Waals surface area contributed by atoms with E-state index in [1.165, 1.54) is 0 Å². The first-order valence-corrected chi connectivity index (χ1v) is 9.37. The minimum Gasteiger partial charge on any atom is -0.593 e. The minimum atomic E-state index is -1.68. The van der Waals surface area contributed by atoms with Crippen LogP contribution in [0.15, 0.2) is 71.8 Å². The van der Waals surface area contributed by atoms with Gasteiger partial charge in [-0.2, -0.15) is 0 Å². The summed E-state index contributed by atoms with van der Waals surface area (Å²) in [4.78, 5) is 16.8. The summed E-state index contributed by atoms with van der Waals surface area (Å²) in [5.41, 5.74) is 2.78. The Balaban J connectivity index is 1.87. The van der Waals surface area contributed by atoms with Gasteiger partial charge in [0.2, 0.25) is 5.91 Å². The number of rotatable bonds is 5. The predicted molar refractivity (Wildman–Crippen MR) is 104 cm³/mol. The van der Waals surface area contributed by atoms with Gasteiger partial charge in [-0.15, -0.1) is 5.14 Å². The second-order valence-electron chi connectivity index (χ2n) is 5.60. The van der Waals surface area contributed by atoms with Crippen molar-refractivity contribution in [3.8, 4) is 11.1 Å². The van der Waals surface area contributed by atoms with Gasteiger partial charge in [-0.3, -0.25) is 9.78 Å². The van der Waals surface area contributed by atoms with Gasteiger partial charge in [-0.25, -0.2) is 0 Å². The van der Waals surface area contributed by atoms with Crippen LogP contribution in [0.2, 0.25) is 5.02 Å². The van der Waals surface area contributed by atoms with Gasteiger partial charge in [0, 0.05) is 34.7 Å². The second kappa shape index (κ2) is 8.33. The molecule has 1 unspecified atom stereocenters. The van der Waals surface area contributed by atoms with E-state index >= 15 is 0 Å². The number of amides is 1. The maximum Gasteiger partial charge on any atom is 0.230 e. The smallest absolute Gasteiger partial charge is 0.230 e. The third kappa shape index (κ3) is 4.83. The van der Waals surface area contributed by atoms with E-state index in [1.807, 2.05) is 18.2 Å². The van der Waals surface area contributed by atoms with Gasteiger partial charge < -0.3 is 9.87 Å². The average molecular weight is 386 g/mol. The molecule has 3 rings (SSSR count). The number of carbonyl (C=O) groups excluding carboxylic acids is 1. The highest BCUT2D eigenvalue weighted by Crippen LogP contribution is 2.28. The Labute approximate surface area is 159 Å². The molecule has 26 heavy (non-hydrogen) atoms. The molecule has 1 atom stereocenters. The zero-order valence-corrected chi connectivity index (χ0v) is 15.3. The molecule has 1 aromatic heterocycles. The van der Waals surface area contributed by atoms with Crippen molar-refractivity contribution in [1.82, 2.24) is 4.98 Å². The number of hydrogen-bond donors (Lipinski definition) is 2. The molecule has 5 nitrogen and oxygen atoms in total. The van der Waals surface area contributed by atoms with Gasteiger partial charge in [0.25, 0.3) is 0 Å². The molecule has 3 aromatic rings. The molecule has 0 fully saturated rings. The first-order chi connectivity index (χ1) is 12.5. The van der Waals surface area contributed by atoms with E-state index < -0.39 is 11.4 Å². The minimum absolute atomic E-state index is 0.142. The van der Waals surface area contributed by atoms with E-state index in [9.17, 15) is 9.35 Å². The van der Waals surface area contributed by atoms with Crippen molar-refractivity contribution in [2.75, 3.05) is 5.32 Å². The first-order valence-electron chi connectivity index (χ1n) is 7.78. The van der Waals surface area contributed by atoms with Gasteiger partial charge >= 0.3 is 0 Å². The number of anilines is 1. The van der Waals surface area contributed by atoms with Crippen LogP contribution in [0.1, 0.15) is 5.69 Å². The molecular formula is C19H16ClN3O2S. The van der Waals surface area contributed by atoms with Crippen LogP contribution in [0.5, 0.6) is 0 Å².